The third kappa shape index (κ3) is 3.69. The molecule has 1 aliphatic carbocycles. The second-order valence-corrected chi connectivity index (χ2v) is 7.10. The Bertz CT molecular complexity index is 690. The molecule has 0 amide bonds. The molecule has 0 bridgehead atoms. The van der Waals surface area contributed by atoms with Gasteiger partial charge in [0.25, 0.3) is 0 Å². The SMILES string of the molecule is Cc1cc(CC2CCCC(c3ccc(O)c(C)c3)C2)ccc1O. The van der Waals surface area contributed by atoms with Crippen molar-refractivity contribution in [2.24, 2.45) is 5.92 Å². The molecule has 2 aromatic carbocycles. The fourth-order valence-electron chi connectivity index (χ4n) is 3.89. The highest BCUT2D eigenvalue weighted by atomic mass is 16.3. The number of phenolic OH excluding ortho intramolecular Hbond substituents is 2. The molecule has 0 radical (unpaired) electrons. The molecule has 2 aromatic rings. The van der Waals surface area contributed by atoms with Crippen LogP contribution in [0, 0.1) is 19.8 Å². The highest BCUT2D eigenvalue weighted by Crippen LogP contribution is 2.38. The molecule has 2 atom stereocenters. The van der Waals surface area contributed by atoms with Crippen molar-refractivity contribution in [3.8, 4) is 11.5 Å². The lowest BCUT2D eigenvalue weighted by Crippen LogP contribution is -2.16. The molecular weight excluding hydrogens is 284 g/mol. The first kappa shape index (κ1) is 15.9. The van der Waals surface area contributed by atoms with Gasteiger partial charge in [-0.1, -0.05) is 37.1 Å². The maximum Gasteiger partial charge on any atom is 0.118 e. The van der Waals surface area contributed by atoms with Crippen LogP contribution in [0.4, 0.5) is 0 Å². The van der Waals surface area contributed by atoms with Crippen molar-refractivity contribution in [1.82, 2.24) is 0 Å². The lowest BCUT2D eigenvalue weighted by Gasteiger charge is -2.30. The van der Waals surface area contributed by atoms with Gasteiger partial charge in [-0.15, -0.1) is 0 Å². The Morgan fingerprint density at radius 2 is 1.61 bits per heavy atom. The second-order valence-electron chi connectivity index (χ2n) is 7.10. The van der Waals surface area contributed by atoms with Gasteiger partial charge in [0.05, 0.1) is 0 Å². The van der Waals surface area contributed by atoms with Crippen molar-refractivity contribution in [3.05, 3.63) is 58.7 Å². The van der Waals surface area contributed by atoms with Crippen molar-refractivity contribution in [2.75, 3.05) is 0 Å². The van der Waals surface area contributed by atoms with Gasteiger partial charge in [-0.25, -0.2) is 0 Å². The summed E-state index contributed by atoms with van der Waals surface area (Å²) >= 11 is 0. The first-order valence-corrected chi connectivity index (χ1v) is 8.61. The number of hydrogen-bond acceptors (Lipinski definition) is 2. The molecule has 1 aliphatic rings. The predicted molar refractivity (Wildman–Crippen MR) is 94.1 cm³/mol. The number of phenols is 2. The molecule has 2 N–H and O–H groups in total. The molecule has 0 saturated heterocycles. The van der Waals surface area contributed by atoms with Crippen molar-refractivity contribution in [3.63, 3.8) is 0 Å². The number of benzene rings is 2. The van der Waals surface area contributed by atoms with Gasteiger partial charge >= 0.3 is 0 Å². The normalized spacial score (nSPS) is 21.3. The number of hydrogen-bond donors (Lipinski definition) is 2. The summed E-state index contributed by atoms with van der Waals surface area (Å²) in [6.45, 7) is 3.93. The van der Waals surface area contributed by atoms with E-state index in [2.05, 4.69) is 24.3 Å². The summed E-state index contributed by atoms with van der Waals surface area (Å²) in [5.74, 6) is 2.08. The van der Waals surface area contributed by atoms with Gasteiger partial charge in [-0.05, 0) is 79.3 Å². The highest BCUT2D eigenvalue weighted by molar-refractivity contribution is 5.37. The molecule has 2 heteroatoms. The Balaban J connectivity index is 1.70. The Hall–Kier alpha value is -1.96. The average molecular weight is 310 g/mol. The Morgan fingerprint density at radius 3 is 2.30 bits per heavy atom. The predicted octanol–water partition coefficient (Wildman–Crippen LogP) is 5.23. The van der Waals surface area contributed by atoms with Gasteiger partial charge in [-0.2, -0.15) is 0 Å². The molecular formula is C21H26O2. The van der Waals surface area contributed by atoms with Gasteiger partial charge in [0.1, 0.15) is 11.5 Å². The van der Waals surface area contributed by atoms with E-state index in [1.54, 1.807) is 0 Å². The van der Waals surface area contributed by atoms with E-state index in [1.807, 2.05) is 26.0 Å². The summed E-state index contributed by atoms with van der Waals surface area (Å²) in [5.41, 5.74) is 4.63. The van der Waals surface area contributed by atoms with Gasteiger partial charge in [0.2, 0.25) is 0 Å². The minimum absolute atomic E-state index is 0.384. The zero-order valence-electron chi connectivity index (χ0n) is 14.0. The zero-order valence-corrected chi connectivity index (χ0v) is 14.0. The minimum Gasteiger partial charge on any atom is -0.508 e. The van der Waals surface area contributed by atoms with Gasteiger partial charge in [-0.3, -0.25) is 0 Å². The van der Waals surface area contributed by atoms with E-state index in [0.717, 1.165) is 17.5 Å². The van der Waals surface area contributed by atoms with Crippen LogP contribution in [-0.4, -0.2) is 10.2 Å². The molecule has 2 unspecified atom stereocenters. The number of aryl methyl sites for hydroxylation is 2. The molecule has 2 nitrogen and oxygen atoms in total. The monoisotopic (exact) mass is 310 g/mol. The molecule has 0 spiro atoms. The van der Waals surface area contributed by atoms with E-state index < -0.39 is 0 Å². The summed E-state index contributed by atoms with van der Waals surface area (Å²) in [5, 5.41) is 19.4. The van der Waals surface area contributed by atoms with Crippen molar-refractivity contribution >= 4 is 0 Å². The van der Waals surface area contributed by atoms with E-state index in [1.165, 1.54) is 36.8 Å². The van der Waals surface area contributed by atoms with Crippen LogP contribution in [0.15, 0.2) is 36.4 Å². The molecule has 0 aliphatic heterocycles. The lowest BCUT2D eigenvalue weighted by molar-refractivity contribution is 0.320. The Kier molecular flexibility index (Phi) is 4.61. The largest absolute Gasteiger partial charge is 0.508 e. The number of aromatic hydroxyl groups is 2. The van der Waals surface area contributed by atoms with Crippen LogP contribution < -0.4 is 0 Å². The van der Waals surface area contributed by atoms with E-state index in [9.17, 15) is 10.2 Å². The van der Waals surface area contributed by atoms with Crippen LogP contribution in [0.3, 0.4) is 0 Å². The van der Waals surface area contributed by atoms with Crippen molar-refractivity contribution in [1.29, 1.82) is 0 Å². The highest BCUT2D eigenvalue weighted by Gasteiger charge is 2.23. The van der Waals surface area contributed by atoms with Gasteiger partial charge < -0.3 is 10.2 Å². The third-order valence-corrected chi connectivity index (χ3v) is 5.26. The first-order chi connectivity index (χ1) is 11.0. The quantitative estimate of drug-likeness (QED) is 0.814. The smallest absolute Gasteiger partial charge is 0.118 e. The van der Waals surface area contributed by atoms with Crippen LogP contribution >= 0.6 is 0 Å². The minimum atomic E-state index is 0.384. The summed E-state index contributed by atoms with van der Waals surface area (Å²) in [6, 6.07) is 12.0. The maximum atomic E-state index is 9.72. The molecule has 122 valence electrons. The van der Waals surface area contributed by atoms with Crippen LogP contribution in [0.25, 0.3) is 0 Å². The van der Waals surface area contributed by atoms with Crippen LogP contribution in [0.5, 0.6) is 11.5 Å². The number of rotatable bonds is 3. The molecule has 1 saturated carbocycles. The van der Waals surface area contributed by atoms with Crippen LogP contribution in [-0.2, 0) is 6.42 Å². The van der Waals surface area contributed by atoms with Crippen molar-refractivity contribution in [2.45, 2.75) is 51.9 Å². The van der Waals surface area contributed by atoms with Crippen LogP contribution in [0.1, 0.15) is 53.9 Å². The van der Waals surface area contributed by atoms with Crippen LogP contribution in [0.2, 0.25) is 0 Å². The Labute approximate surface area is 138 Å². The van der Waals surface area contributed by atoms with E-state index in [4.69, 9.17) is 0 Å². The Morgan fingerprint density at radius 1 is 0.913 bits per heavy atom. The molecule has 0 heterocycles. The summed E-state index contributed by atoms with van der Waals surface area (Å²) in [6.07, 6.45) is 6.11. The summed E-state index contributed by atoms with van der Waals surface area (Å²) in [7, 11) is 0. The molecule has 23 heavy (non-hydrogen) atoms. The van der Waals surface area contributed by atoms with Gasteiger partial charge in [0, 0.05) is 0 Å². The lowest BCUT2D eigenvalue weighted by atomic mass is 9.75. The molecule has 3 rings (SSSR count). The maximum absolute atomic E-state index is 9.72. The second kappa shape index (κ2) is 6.66. The van der Waals surface area contributed by atoms with Crippen molar-refractivity contribution < 1.29 is 10.2 Å². The average Bonchev–Trinajstić information content (AvgIpc) is 2.54. The zero-order chi connectivity index (χ0) is 16.4. The topological polar surface area (TPSA) is 40.5 Å². The third-order valence-electron chi connectivity index (χ3n) is 5.26. The fourth-order valence-corrected chi connectivity index (χ4v) is 3.89. The van der Waals surface area contributed by atoms with Gasteiger partial charge in [0.15, 0.2) is 0 Å². The van der Waals surface area contributed by atoms with E-state index in [0.29, 0.717) is 23.3 Å². The fraction of sp³-hybridized carbons (Fsp3) is 0.429. The summed E-state index contributed by atoms with van der Waals surface area (Å²) in [4.78, 5) is 0. The first-order valence-electron chi connectivity index (χ1n) is 8.61. The standard InChI is InChI=1S/C21H26O2/c1-14-10-17(6-8-20(14)22)12-16-4-3-5-18(13-16)19-7-9-21(23)15(2)11-19/h6-11,16,18,22-23H,3-5,12-13H2,1-2H3. The van der Waals surface area contributed by atoms with E-state index in [-0.39, 0.29) is 0 Å². The summed E-state index contributed by atoms with van der Waals surface area (Å²) < 4.78 is 0. The van der Waals surface area contributed by atoms with E-state index >= 15 is 0 Å². The molecule has 1 fully saturated rings. The molecule has 0 aromatic heterocycles.